The molecule has 0 aliphatic rings. The van der Waals surface area contributed by atoms with Gasteiger partial charge in [-0.15, -0.1) is 0 Å². The van der Waals surface area contributed by atoms with Crippen molar-refractivity contribution in [3.05, 3.63) is 11.6 Å². The van der Waals surface area contributed by atoms with E-state index < -0.39 is 11.9 Å². The van der Waals surface area contributed by atoms with Gasteiger partial charge in [-0.05, 0) is 26.7 Å². The van der Waals surface area contributed by atoms with Crippen LogP contribution in [0.5, 0.6) is 0 Å². The van der Waals surface area contributed by atoms with Gasteiger partial charge < -0.3 is 9.47 Å². The smallest absolute Gasteiger partial charge is 0.334 e. The highest BCUT2D eigenvalue weighted by Gasteiger charge is 2.12. The third-order valence-electron chi connectivity index (χ3n) is 1.92. The molecule has 92 valence electrons. The van der Waals surface area contributed by atoms with Crippen LogP contribution >= 0.6 is 0 Å². The summed E-state index contributed by atoms with van der Waals surface area (Å²) in [5.41, 5.74) is 0.391. The normalized spacial score (nSPS) is 11.1. The van der Waals surface area contributed by atoms with Gasteiger partial charge in [0.15, 0.2) is 0 Å². The molecule has 0 bridgehead atoms. The van der Waals surface area contributed by atoms with Gasteiger partial charge in [0.25, 0.3) is 0 Å². The van der Waals surface area contributed by atoms with E-state index in [1.807, 2.05) is 6.92 Å². The summed E-state index contributed by atoms with van der Waals surface area (Å²) in [6.45, 7) is 6.10. The molecule has 0 aromatic heterocycles. The van der Waals surface area contributed by atoms with E-state index in [1.54, 1.807) is 13.8 Å². The molecule has 0 unspecified atom stereocenters. The Morgan fingerprint density at radius 1 is 1.06 bits per heavy atom. The van der Waals surface area contributed by atoms with Crippen molar-refractivity contribution in [3.8, 4) is 0 Å². The fraction of sp³-hybridized carbons (Fsp3) is 0.667. The van der Waals surface area contributed by atoms with Crippen LogP contribution in [0.25, 0.3) is 0 Å². The van der Waals surface area contributed by atoms with Crippen LogP contribution in [-0.2, 0) is 19.1 Å². The zero-order chi connectivity index (χ0) is 12.4. The van der Waals surface area contributed by atoms with Crippen LogP contribution in [0.4, 0.5) is 0 Å². The van der Waals surface area contributed by atoms with Crippen molar-refractivity contribution in [2.75, 3.05) is 13.2 Å². The number of hydrogen-bond donors (Lipinski definition) is 0. The Hall–Kier alpha value is -1.32. The highest BCUT2D eigenvalue weighted by molar-refractivity contribution is 5.96. The second kappa shape index (κ2) is 8.95. The minimum atomic E-state index is -0.485. The number of carbonyl (C=O) groups is 2. The van der Waals surface area contributed by atoms with Gasteiger partial charge in [-0.25, -0.2) is 9.59 Å². The third kappa shape index (κ3) is 6.22. The highest BCUT2D eigenvalue weighted by atomic mass is 16.5. The van der Waals surface area contributed by atoms with Crippen LogP contribution in [0.15, 0.2) is 11.6 Å². The summed E-state index contributed by atoms with van der Waals surface area (Å²) in [7, 11) is 0. The number of carbonyl (C=O) groups excluding carboxylic acids is 2. The molecule has 4 nitrogen and oxygen atoms in total. The summed E-state index contributed by atoms with van der Waals surface area (Å²) in [6.07, 6.45) is 3.59. The van der Waals surface area contributed by atoms with E-state index in [-0.39, 0.29) is 0 Å². The van der Waals surface area contributed by atoms with Crippen molar-refractivity contribution in [1.29, 1.82) is 0 Å². The van der Waals surface area contributed by atoms with Crippen molar-refractivity contribution < 1.29 is 19.1 Å². The highest BCUT2D eigenvalue weighted by Crippen LogP contribution is 2.09. The van der Waals surface area contributed by atoms with Crippen molar-refractivity contribution >= 4 is 11.9 Å². The molecule has 0 heterocycles. The first-order valence-corrected chi connectivity index (χ1v) is 5.70. The molecule has 0 amide bonds. The number of unbranched alkanes of at least 4 members (excludes halogenated alkanes) is 1. The van der Waals surface area contributed by atoms with E-state index in [0.717, 1.165) is 12.8 Å². The summed E-state index contributed by atoms with van der Waals surface area (Å²) in [5, 5.41) is 0. The summed E-state index contributed by atoms with van der Waals surface area (Å²) in [5.74, 6) is -0.911. The quantitative estimate of drug-likeness (QED) is 0.495. The third-order valence-corrected chi connectivity index (χ3v) is 1.92. The van der Waals surface area contributed by atoms with Gasteiger partial charge in [0.05, 0.1) is 13.2 Å². The van der Waals surface area contributed by atoms with Crippen LogP contribution in [0, 0.1) is 0 Å². The summed E-state index contributed by atoms with van der Waals surface area (Å²) in [6, 6.07) is 0. The average Bonchev–Trinajstić information content (AvgIpc) is 2.24. The Morgan fingerprint density at radius 2 is 1.69 bits per heavy atom. The minimum absolute atomic E-state index is 0.305. The van der Waals surface area contributed by atoms with Crippen molar-refractivity contribution in [1.82, 2.24) is 0 Å². The fourth-order valence-corrected chi connectivity index (χ4v) is 1.15. The van der Waals surface area contributed by atoms with E-state index in [1.165, 1.54) is 6.08 Å². The second-order valence-corrected chi connectivity index (χ2v) is 3.25. The summed E-state index contributed by atoms with van der Waals surface area (Å²) in [4.78, 5) is 22.7. The predicted octanol–water partition coefficient (Wildman–Crippen LogP) is 2.23. The molecule has 16 heavy (non-hydrogen) atoms. The molecule has 4 heteroatoms. The molecule has 0 spiro atoms. The molecule has 0 rings (SSSR count). The Morgan fingerprint density at radius 3 is 2.19 bits per heavy atom. The lowest BCUT2D eigenvalue weighted by Crippen LogP contribution is -2.11. The molecule has 0 atom stereocenters. The maximum absolute atomic E-state index is 11.5. The first-order valence-electron chi connectivity index (χ1n) is 5.70. The van der Waals surface area contributed by atoms with Crippen molar-refractivity contribution in [3.63, 3.8) is 0 Å². The number of esters is 2. The topological polar surface area (TPSA) is 52.6 Å². The zero-order valence-corrected chi connectivity index (χ0v) is 10.2. The molecule has 0 fully saturated rings. The van der Waals surface area contributed by atoms with Crippen molar-refractivity contribution in [2.24, 2.45) is 0 Å². The molecule has 0 aliphatic heterocycles. The molecule has 0 saturated carbocycles. The molecule has 0 radical (unpaired) electrons. The monoisotopic (exact) mass is 228 g/mol. The Kier molecular flexibility index (Phi) is 8.21. The summed E-state index contributed by atoms with van der Waals surface area (Å²) < 4.78 is 9.62. The van der Waals surface area contributed by atoms with Gasteiger partial charge in [-0.3, -0.25) is 0 Å². The SMILES string of the molecule is CCCCC(=CC(=O)OCC)C(=O)OCC. The van der Waals surface area contributed by atoms with Gasteiger partial charge in [0.1, 0.15) is 0 Å². The average molecular weight is 228 g/mol. The first-order chi connectivity index (χ1) is 7.65. The van der Waals surface area contributed by atoms with Gasteiger partial charge in [0, 0.05) is 11.6 Å². The lowest BCUT2D eigenvalue weighted by atomic mass is 10.1. The number of ether oxygens (including phenoxy) is 2. The Bertz CT molecular complexity index is 256. The standard InChI is InChI=1S/C12H20O4/c1-4-7-8-10(12(14)16-6-3)9-11(13)15-5-2/h9H,4-8H2,1-3H3. The maximum atomic E-state index is 11.5. The number of hydrogen-bond acceptors (Lipinski definition) is 4. The Balaban J connectivity index is 4.51. The van der Waals surface area contributed by atoms with Crippen LogP contribution in [-0.4, -0.2) is 25.2 Å². The van der Waals surface area contributed by atoms with Gasteiger partial charge in [-0.1, -0.05) is 13.3 Å². The van der Waals surface area contributed by atoms with Crippen LogP contribution < -0.4 is 0 Å². The predicted molar refractivity (Wildman–Crippen MR) is 60.9 cm³/mol. The molecule has 0 aromatic rings. The maximum Gasteiger partial charge on any atom is 0.334 e. The molecule has 0 aliphatic carbocycles. The van der Waals surface area contributed by atoms with Gasteiger partial charge in [0.2, 0.25) is 0 Å². The van der Waals surface area contributed by atoms with E-state index in [2.05, 4.69) is 0 Å². The number of rotatable bonds is 7. The van der Waals surface area contributed by atoms with Crippen molar-refractivity contribution in [2.45, 2.75) is 40.0 Å². The van der Waals surface area contributed by atoms with E-state index in [4.69, 9.17) is 9.47 Å². The Labute approximate surface area is 96.6 Å². The van der Waals surface area contributed by atoms with E-state index in [0.29, 0.717) is 25.2 Å². The van der Waals surface area contributed by atoms with Gasteiger partial charge in [-0.2, -0.15) is 0 Å². The molecular formula is C12H20O4. The van der Waals surface area contributed by atoms with Crippen LogP contribution in [0.2, 0.25) is 0 Å². The largest absolute Gasteiger partial charge is 0.463 e. The first kappa shape index (κ1) is 14.7. The van der Waals surface area contributed by atoms with E-state index in [9.17, 15) is 9.59 Å². The minimum Gasteiger partial charge on any atom is -0.463 e. The van der Waals surface area contributed by atoms with Gasteiger partial charge >= 0.3 is 11.9 Å². The van der Waals surface area contributed by atoms with E-state index >= 15 is 0 Å². The molecular weight excluding hydrogens is 208 g/mol. The lowest BCUT2D eigenvalue weighted by molar-refractivity contribution is -0.141. The molecule has 0 N–H and O–H groups in total. The lowest BCUT2D eigenvalue weighted by Gasteiger charge is -2.06. The van der Waals surface area contributed by atoms with Crippen LogP contribution in [0.3, 0.4) is 0 Å². The van der Waals surface area contributed by atoms with Crippen LogP contribution in [0.1, 0.15) is 40.0 Å². The molecule has 0 aromatic carbocycles. The zero-order valence-electron chi connectivity index (χ0n) is 10.2. The summed E-state index contributed by atoms with van der Waals surface area (Å²) >= 11 is 0. The fourth-order valence-electron chi connectivity index (χ4n) is 1.15. The molecule has 0 saturated heterocycles. The second-order valence-electron chi connectivity index (χ2n) is 3.25.